The van der Waals surface area contributed by atoms with Crippen LogP contribution in [0.5, 0.6) is 11.5 Å². The van der Waals surface area contributed by atoms with Crippen LogP contribution in [0, 0.1) is 0 Å². The Hall–Kier alpha value is -0.270. The molecule has 5 nitrogen and oxygen atoms in total. The van der Waals surface area contributed by atoms with Crippen LogP contribution in [0.1, 0.15) is 31.2 Å². The van der Waals surface area contributed by atoms with Crippen LogP contribution < -0.4 is 39.0 Å². The van der Waals surface area contributed by atoms with Crippen LogP contribution in [0.15, 0.2) is 18.2 Å². The van der Waals surface area contributed by atoms with Crippen molar-refractivity contribution in [3.63, 3.8) is 0 Å². The molecule has 0 aliphatic carbocycles. The van der Waals surface area contributed by atoms with Gasteiger partial charge in [0.05, 0.1) is 24.3 Å². The van der Waals surface area contributed by atoms with E-state index in [1.54, 1.807) is 14.2 Å². The monoisotopic (exact) mass is 324 g/mol. The third-order valence-electron chi connectivity index (χ3n) is 3.08. The molecule has 21 heavy (non-hydrogen) atoms. The van der Waals surface area contributed by atoms with E-state index in [-0.39, 0.29) is 35.3 Å². The van der Waals surface area contributed by atoms with Crippen molar-refractivity contribution in [1.29, 1.82) is 0 Å². The van der Waals surface area contributed by atoms with Gasteiger partial charge in [-0.15, -0.1) is 0 Å². The standard InChI is InChI=1S/C14H22O5S.Na/c1-18-13-8-9-14(19-2)12(11-13)7-5-3-4-6-10-20(15,16)17;/h8-9,11H,3-7,10H2,1-2H3,(H,15,16,17);/q;+1/p-1. The number of rotatable bonds is 9. The Labute approximate surface area is 149 Å². The third-order valence-corrected chi connectivity index (χ3v) is 3.87. The van der Waals surface area contributed by atoms with E-state index in [1.165, 1.54) is 0 Å². The van der Waals surface area contributed by atoms with Gasteiger partial charge in [-0.1, -0.05) is 12.8 Å². The number of aryl methyl sites for hydroxylation is 1. The topological polar surface area (TPSA) is 75.7 Å². The van der Waals surface area contributed by atoms with Crippen LogP contribution in [-0.4, -0.2) is 32.9 Å². The molecule has 0 heterocycles. The van der Waals surface area contributed by atoms with Crippen molar-refractivity contribution in [2.45, 2.75) is 32.1 Å². The summed E-state index contributed by atoms with van der Waals surface area (Å²) in [4.78, 5) is 0. The Bertz CT molecular complexity index is 516. The van der Waals surface area contributed by atoms with Crippen molar-refractivity contribution in [2.75, 3.05) is 20.0 Å². The maximum absolute atomic E-state index is 10.5. The Morgan fingerprint density at radius 2 is 1.71 bits per heavy atom. The van der Waals surface area contributed by atoms with Crippen LogP contribution in [-0.2, 0) is 16.5 Å². The first-order valence-electron chi connectivity index (χ1n) is 6.61. The van der Waals surface area contributed by atoms with Crippen molar-refractivity contribution in [3.05, 3.63) is 23.8 Å². The summed E-state index contributed by atoms with van der Waals surface area (Å²) in [5, 5.41) is 0. The molecule has 0 unspecified atom stereocenters. The van der Waals surface area contributed by atoms with Crippen LogP contribution in [0.3, 0.4) is 0 Å². The van der Waals surface area contributed by atoms with E-state index >= 15 is 0 Å². The molecule has 1 aromatic carbocycles. The zero-order valence-corrected chi connectivity index (χ0v) is 15.7. The summed E-state index contributed by atoms with van der Waals surface area (Å²) in [6.07, 6.45) is 3.82. The average Bonchev–Trinajstić information content (AvgIpc) is 2.41. The van der Waals surface area contributed by atoms with Crippen molar-refractivity contribution >= 4 is 10.1 Å². The molecule has 0 amide bonds. The van der Waals surface area contributed by atoms with Crippen molar-refractivity contribution in [3.8, 4) is 11.5 Å². The molecule has 0 radical (unpaired) electrons. The number of benzene rings is 1. The second-order valence-electron chi connectivity index (χ2n) is 4.60. The molecule has 0 saturated carbocycles. The minimum absolute atomic E-state index is 0. The van der Waals surface area contributed by atoms with Gasteiger partial charge in [0.1, 0.15) is 11.5 Å². The summed E-state index contributed by atoms with van der Waals surface area (Å²) in [7, 11) is -0.820. The maximum atomic E-state index is 10.5. The Morgan fingerprint density at radius 1 is 1.05 bits per heavy atom. The fraction of sp³-hybridized carbons (Fsp3) is 0.571. The maximum Gasteiger partial charge on any atom is 1.00 e. The van der Waals surface area contributed by atoms with Crippen LogP contribution in [0.4, 0.5) is 0 Å². The molecule has 0 spiro atoms. The quantitative estimate of drug-likeness (QED) is 0.343. The van der Waals surface area contributed by atoms with Gasteiger partial charge in [0.25, 0.3) is 0 Å². The molecule has 0 atom stereocenters. The summed E-state index contributed by atoms with van der Waals surface area (Å²) < 4.78 is 41.8. The van der Waals surface area contributed by atoms with Gasteiger partial charge in [0.15, 0.2) is 0 Å². The van der Waals surface area contributed by atoms with Crippen molar-refractivity contribution < 1.29 is 52.0 Å². The molecule has 0 bridgehead atoms. The number of methoxy groups -OCH3 is 2. The number of hydrogen-bond acceptors (Lipinski definition) is 5. The average molecular weight is 324 g/mol. The van der Waals surface area contributed by atoms with E-state index in [0.29, 0.717) is 6.42 Å². The zero-order valence-electron chi connectivity index (χ0n) is 12.9. The molecule has 0 fully saturated rings. The second-order valence-corrected chi connectivity index (χ2v) is 6.13. The summed E-state index contributed by atoms with van der Waals surface area (Å²) in [5.41, 5.74) is 1.07. The fourth-order valence-corrected chi connectivity index (χ4v) is 2.58. The molecular formula is C14H21NaO5S. The van der Waals surface area contributed by atoms with Gasteiger partial charge in [-0.25, -0.2) is 8.42 Å². The molecule has 1 aromatic rings. The number of hydrogen-bond donors (Lipinski definition) is 0. The third kappa shape index (κ3) is 8.68. The van der Waals surface area contributed by atoms with Gasteiger partial charge in [0, 0.05) is 5.75 Å². The van der Waals surface area contributed by atoms with Gasteiger partial charge in [-0.3, -0.25) is 0 Å². The van der Waals surface area contributed by atoms with Gasteiger partial charge in [-0.05, 0) is 43.0 Å². The first-order chi connectivity index (χ1) is 9.46. The predicted molar refractivity (Wildman–Crippen MR) is 76.3 cm³/mol. The fourth-order valence-electron chi connectivity index (χ4n) is 2.03. The van der Waals surface area contributed by atoms with Gasteiger partial charge >= 0.3 is 29.6 Å². The Kier molecular flexibility index (Phi) is 10.3. The molecule has 7 heteroatoms. The van der Waals surface area contributed by atoms with E-state index in [9.17, 15) is 13.0 Å². The number of ether oxygens (including phenoxy) is 2. The summed E-state index contributed by atoms with van der Waals surface area (Å²) in [6, 6.07) is 5.67. The largest absolute Gasteiger partial charge is 1.00 e. The SMILES string of the molecule is COc1ccc(OC)c(CCCCCCS(=O)(=O)[O-])c1.[Na+]. The molecule has 114 valence electrons. The molecule has 0 aromatic heterocycles. The molecule has 0 N–H and O–H groups in total. The second kappa shape index (κ2) is 10.5. The minimum atomic E-state index is -4.07. The summed E-state index contributed by atoms with van der Waals surface area (Å²) in [5.74, 6) is 1.35. The Balaban J connectivity index is 0.00000400. The van der Waals surface area contributed by atoms with Crippen LogP contribution in [0.2, 0.25) is 0 Å². The van der Waals surface area contributed by atoms with E-state index in [2.05, 4.69) is 0 Å². The van der Waals surface area contributed by atoms with Crippen molar-refractivity contribution in [1.82, 2.24) is 0 Å². The number of unbranched alkanes of at least 4 members (excludes halogenated alkanes) is 3. The van der Waals surface area contributed by atoms with Gasteiger partial charge in [0.2, 0.25) is 0 Å². The van der Waals surface area contributed by atoms with E-state index in [0.717, 1.165) is 42.7 Å². The summed E-state index contributed by atoms with van der Waals surface area (Å²) in [6.45, 7) is 0. The van der Waals surface area contributed by atoms with E-state index < -0.39 is 10.1 Å². The molecule has 0 aliphatic heterocycles. The van der Waals surface area contributed by atoms with E-state index in [1.807, 2.05) is 18.2 Å². The van der Waals surface area contributed by atoms with Crippen molar-refractivity contribution in [2.24, 2.45) is 0 Å². The molecular weight excluding hydrogens is 303 g/mol. The summed E-state index contributed by atoms with van der Waals surface area (Å²) >= 11 is 0. The molecule has 0 aliphatic rings. The zero-order chi connectivity index (χ0) is 15.0. The smallest absolute Gasteiger partial charge is 0.748 e. The first kappa shape index (κ1) is 20.7. The van der Waals surface area contributed by atoms with Crippen LogP contribution >= 0.6 is 0 Å². The first-order valence-corrected chi connectivity index (χ1v) is 8.18. The van der Waals surface area contributed by atoms with Gasteiger partial charge in [-0.2, -0.15) is 0 Å². The van der Waals surface area contributed by atoms with E-state index in [4.69, 9.17) is 9.47 Å². The van der Waals surface area contributed by atoms with Crippen LogP contribution in [0.25, 0.3) is 0 Å². The molecule has 1 rings (SSSR count). The normalized spacial score (nSPS) is 10.8. The minimum Gasteiger partial charge on any atom is -0.748 e. The van der Waals surface area contributed by atoms with Gasteiger partial charge < -0.3 is 14.0 Å². The molecule has 0 saturated heterocycles. The predicted octanol–water partition coefficient (Wildman–Crippen LogP) is -0.644. The Morgan fingerprint density at radius 3 is 2.29 bits per heavy atom.